The molecule has 148 valence electrons. The predicted octanol–water partition coefficient (Wildman–Crippen LogP) is 0.0323. The van der Waals surface area contributed by atoms with Gasteiger partial charge < -0.3 is 9.90 Å². The number of aliphatic carboxylic acids is 1. The maximum absolute atomic E-state index is 11.6. The number of nitrogens with zero attached hydrogens (tertiary/aromatic N) is 1. The summed E-state index contributed by atoms with van der Waals surface area (Å²) >= 11 is 0. The predicted molar refractivity (Wildman–Crippen MR) is 121 cm³/mol. The van der Waals surface area contributed by atoms with Crippen LogP contribution in [0.1, 0.15) is 26.3 Å². The monoisotopic (exact) mass is 441 g/mol. The molecule has 0 aliphatic rings. The Balaban J connectivity index is 0.00000320. The molecule has 5 heteroatoms. The van der Waals surface area contributed by atoms with E-state index in [1.165, 1.54) is 10.6 Å². The number of carboxylic acids is 1. The smallest absolute Gasteiger partial charge is 0.548 e. The van der Waals surface area contributed by atoms with Crippen molar-refractivity contribution in [3.8, 4) is 0 Å². The van der Waals surface area contributed by atoms with Crippen molar-refractivity contribution in [3.05, 3.63) is 90.5 Å². The first-order valence-electron chi connectivity index (χ1n) is 9.61. The Labute approximate surface area is 222 Å². The second-order valence-electron chi connectivity index (χ2n) is 7.93. The van der Waals surface area contributed by atoms with E-state index < -0.39 is 25.3 Å². The van der Waals surface area contributed by atoms with Gasteiger partial charge in [0.2, 0.25) is 0 Å². The molecule has 0 saturated heterocycles. The van der Waals surface area contributed by atoms with E-state index in [2.05, 4.69) is 59.6 Å². The first-order valence-corrected chi connectivity index (χ1v) is 11.0. The zero-order chi connectivity index (χ0) is 20.9. The number of hydrogen-bond donors (Lipinski definition) is 0. The van der Waals surface area contributed by atoms with E-state index in [9.17, 15) is 9.90 Å². The maximum atomic E-state index is 11.6. The summed E-state index contributed by atoms with van der Waals surface area (Å²) in [5.74, 6) is -1.15. The number of hydrogen-bond acceptors (Lipinski definition) is 3. The van der Waals surface area contributed by atoms with Crippen LogP contribution in [0.3, 0.4) is 0 Å². The Hall–Kier alpha value is -1.13. The SMILES string of the molecule is CC(C)(C)[C@H](N=Cc1ccccc1P(c1ccccc1)c1ccccc1)C(=O)[O-].[K+]. The van der Waals surface area contributed by atoms with Crippen LogP contribution >= 0.6 is 7.92 Å². The van der Waals surface area contributed by atoms with Crippen molar-refractivity contribution in [2.45, 2.75) is 26.8 Å². The van der Waals surface area contributed by atoms with Gasteiger partial charge in [0.1, 0.15) is 0 Å². The summed E-state index contributed by atoms with van der Waals surface area (Å²) in [6.07, 6.45) is 1.70. The molecule has 3 rings (SSSR count). The molecule has 30 heavy (non-hydrogen) atoms. The minimum Gasteiger partial charge on any atom is -0.548 e. The Morgan fingerprint density at radius 1 is 0.867 bits per heavy atom. The minimum atomic E-state index is -1.15. The first kappa shape index (κ1) is 25.1. The molecule has 0 fully saturated rings. The van der Waals surface area contributed by atoms with Crippen LogP contribution < -0.4 is 72.4 Å². The Bertz CT molecular complexity index is 945. The van der Waals surface area contributed by atoms with Gasteiger partial charge in [-0.05, 0) is 29.3 Å². The van der Waals surface area contributed by atoms with E-state index in [1.54, 1.807) is 6.21 Å². The standard InChI is InChI=1S/C25H26NO2P.K/c1-25(2,3)23(24(27)28)26-18-19-12-10-11-17-22(19)29(20-13-6-4-7-14-20)21-15-8-5-9-16-21;/h4-18,23H,1-3H3,(H,27,28);/q;+1/p-1/t23-;/m1./s1. The van der Waals surface area contributed by atoms with Crippen LogP contribution in [0.5, 0.6) is 0 Å². The largest absolute Gasteiger partial charge is 1.00 e. The van der Waals surface area contributed by atoms with E-state index in [-0.39, 0.29) is 51.4 Å². The number of aliphatic imine (C=N–C) groups is 1. The number of rotatable bonds is 6. The summed E-state index contributed by atoms with van der Waals surface area (Å²) in [4.78, 5) is 16.0. The molecule has 0 aliphatic heterocycles. The van der Waals surface area contributed by atoms with Gasteiger partial charge in [-0.25, -0.2) is 0 Å². The Kier molecular flexibility index (Phi) is 9.61. The quantitative estimate of drug-likeness (QED) is 0.308. The van der Waals surface area contributed by atoms with Crippen LogP contribution in [0.4, 0.5) is 0 Å². The molecule has 0 bridgehead atoms. The van der Waals surface area contributed by atoms with Crippen LogP contribution in [-0.2, 0) is 4.79 Å². The summed E-state index contributed by atoms with van der Waals surface area (Å²) in [5, 5.41) is 15.2. The van der Waals surface area contributed by atoms with Gasteiger partial charge in [-0.15, -0.1) is 0 Å². The van der Waals surface area contributed by atoms with Crippen molar-refractivity contribution in [3.63, 3.8) is 0 Å². The summed E-state index contributed by atoms with van der Waals surface area (Å²) in [7, 11) is -0.795. The number of benzene rings is 3. The molecule has 0 N–H and O–H groups in total. The third-order valence-electron chi connectivity index (χ3n) is 4.61. The average molecular weight is 442 g/mol. The van der Waals surface area contributed by atoms with Crippen molar-refractivity contribution >= 4 is 36.0 Å². The number of carbonyl (C=O) groups is 1. The van der Waals surface area contributed by atoms with Crippen LogP contribution in [0.25, 0.3) is 0 Å². The molecular weight excluding hydrogens is 416 g/mol. The Morgan fingerprint density at radius 2 is 1.33 bits per heavy atom. The average Bonchev–Trinajstić information content (AvgIpc) is 2.70. The van der Waals surface area contributed by atoms with Crippen LogP contribution in [0.15, 0.2) is 89.9 Å². The molecule has 0 aromatic heterocycles. The molecule has 0 amide bonds. The van der Waals surface area contributed by atoms with E-state index in [4.69, 9.17) is 0 Å². The number of carboxylic acid groups (broad SMARTS) is 1. The summed E-state index contributed by atoms with van der Waals surface area (Å²) in [5.41, 5.74) is 0.412. The summed E-state index contributed by atoms with van der Waals surface area (Å²) in [6.45, 7) is 5.58. The molecule has 1 atom stereocenters. The van der Waals surface area contributed by atoms with Crippen LogP contribution in [-0.4, -0.2) is 18.2 Å². The molecule has 3 aromatic rings. The molecule has 3 nitrogen and oxygen atoms in total. The van der Waals surface area contributed by atoms with Crippen LogP contribution in [0.2, 0.25) is 0 Å². The molecule has 0 heterocycles. The zero-order valence-electron chi connectivity index (χ0n) is 17.9. The van der Waals surface area contributed by atoms with E-state index in [0.29, 0.717) is 0 Å². The van der Waals surface area contributed by atoms with E-state index in [0.717, 1.165) is 10.9 Å². The Morgan fingerprint density at radius 3 is 1.80 bits per heavy atom. The first-order chi connectivity index (χ1) is 13.9. The van der Waals surface area contributed by atoms with Crippen LogP contribution in [0, 0.1) is 5.41 Å². The zero-order valence-corrected chi connectivity index (χ0v) is 22.0. The van der Waals surface area contributed by atoms with Crippen molar-refractivity contribution in [1.29, 1.82) is 0 Å². The minimum absolute atomic E-state index is 0. The van der Waals surface area contributed by atoms with Gasteiger partial charge in [0.25, 0.3) is 0 Å². The molecule has 0 radical (unpaired) electrons. The van der Waals surface area contributed by atoms with Crippen molar-refractivity contribution < 1.29 is 61.3 Å². The molecule has 0 saturated carbocycles. The van der Waals surface area contributed by atoms with E-state index in [1.807, 2.05) is 51.1 Å². The van der Waals surface area contributed by atoms with Gasteiger partial charge in [-0.2, -0.15) is 0 Å². The van der Waals surface area contributed by atoms with Gasteiger partial charge in [0, 0.05) is 11.8 Å². The topological polar surface area (TPSA) is 52.5 Å². The third-order valence-corrected chi connectivity index (χ3v) is 7.13. The van der Waals surface area contributed by atoms with Gasteiger partial charge in [0.15, 0.2) is 0 Å². The molecule has 3 aromatic carbocycles. The summed E-state index contributed by atoms with van der Waals surface area (Å²) < 4.78 is 0. The molecule has 0 unspecified atom stereocenters. The second kappa shape index (κ2) is 11.5. The fourth-order valence-electron chi connectivity index (χ4n) is 3.17. The van der Waals surface area contributed by atoms with Gasteiger partial charge in [-0.1, -0.05) is 106 Å². The fourth-order valence-corrected chi connectivity index (χ4v) is 5.60. The molecule has 0 aliphatic carbocycles. The van der Waals surface area contributed by atoms with Crippen molar-refractivity contribution in [2.24, 2.45) is 10.4 Å². The normalized spacial score (nSPS) is 12.5. The van der Waals surface area contributed by atoms with Crippen molar-refractivity contribution in [1.82, 2.24) is 0 Å². The summed E-state index contributed by atoms with van der Waals surface area (Å²) in [6, 6.07) is 28.0. The van der Waals surface area contributed by atoms with E-state index >= 15 is 0 Å². The molecule has 0 spiro atoms. The van der Waals surface area contributed by atoms with Gasteiger partial charge in [0.05, 0.1) is 12.0 Å². The second-order valence-corrected chi connectivity index (χ2v) is 10.1. The number of carbonyl (C=O) groups excluding carboxylic acids is 1. The van der Waals surface area contributed by atoms with Crippen molar-refractivity contribution in [2.75, 3.05) is 0 Å². The maximum Gasteiger partial charge on any atom is 1.00 e. The van der Waals surface area contributed by atoms with Gasteiger partial charge >= 0.3 is 51.4 Å². The fraction of sp³-hybridized carbons (Fsp3) is 0.200. The molecular formula is C25H25KNO2P. The third kappa shape index (κ3) is 6.43. The van der Waals surface area contributed by atoms with Gasteiger partial charge in [-0.3, -0.25) is 4.99 Å².